The lowest BCUT2D eigenvalue weighted by Gasteiger charge is -2.25. The number of amides is 1. The molecule has 0 aliphatic heterocycles. The Kier molecular flexibility index (Phi) is 4.68. The molecule has 0 heterocycles. The monoisotopic (exact) mass is 341 g/mol. The zero-order valence-corrected chi connectivity index (χ0v) is 14.8. The minimum atomic E-state index is -1.10. The average molecular weight is 341 g/mol. The van der Waals surface area contributed by atoms with E-state index in [9.17, 15) is 9.90 Å². The number of benzene rings is 2. The standard InChI is InChI=1S/C20H23NO4/c1-13-6-4-5-7-15(13)19(22)21-12-20(23)9-8-14-10-17(24-2)18(25-3)11-16(14)20/h4-7,10-11,23H,8-9,12H2,1-3H3,(H,21,22). The molecule has 1 unspecified atom stereocenters. The van der Waals surface area contributed by atoms with Crippen LogP contribution in [0.5, 0.6) is 11.5 Å². The van der Waals surface area contributed by atoms with Crippen molar-refractivity contribution in [3.05, 3.63) is 58.7 Å². The van der Waals surface area contributed by atoms with Crippen molar-refractivity contribution in [3.8, 4) is 11.5 Å². The second kappa shape index (κ2) is 6.76. The topological polar surface area (TPSA) is 67.8 Å². The Morgan fingerprint density at radius 2 is 1.88 bits per heavy atom. The van der Waals surface area contributed by atoms with Crippen LogP contribution in [0.25, 0.3) is 0 Å². The zero-order valence-electron chi connectivity index (χ0n) is 14.8. The molecular formula is C20H23NO4. The van der Waals surface area contributed by atoms with Gasteiger partial charge in [0.2, 0.25) is 0 Å². The Balaban J connectivity index is 1.81. The van der Waals surface area contributed by atoms with Gasteiger partial charge in [0.15, 0.2) is 11.5 Å². The molecule has 2 aromatic carbocycles. The van der Waals surface area contributed by atoms with Gasteiger partial charge < -0.3 is 19.9 Å². The Morgan fingerprint density at radius 1 is 1.20 bits per heavy atom. The van der Waals surface area contributed by atoms with Crippen LogP contribution in [-0.4, -0.2) is 31.8 Å². The molecule has 0 aromatic heterocycles. The van der Waals surface area contributed by atoms with Crippen molar-refractivity contribution in [2.75, 3.05) is 20.8 Å². The van der Waals surface area contributed by atoms with E-state index in [2.05, 4.69) is 5.32 Å². The smallest absolute Gasteiger partial charge is 0.251 e. The first-order valence-electron chi connectivity index (χ1n) is 8.30. The third kappa shape index (κ3) is 3.20. The number of hydrogen-bond donors (Lipinski definition) is 2. The normalized spacial score (nSPS) is 18.6. The molecule has 0 bridgehead atoms. The average Bonchev–Trinajstić information content (AvgIpc) is 2.95. The summed E-state index contributed by atoms with van der Waals surface area (Å²) >= 11 is 0. The van der Waals surface area contributed by atoms with E-state index in [1.165, 1.54) is 0 Å². The number of ether oxygens (including phenoxy) is 2. The second-order valence-corrected chi connectivity index (χ2v) is 6.39. The molecular weight excluding hydrogens is 318 g/mol. The van der Waals surface area contributed by atoms with Crippen LogP contribution in [0.15, 0.2) is 36.4 Å². The van der Waals surface area contributed by atoms with Crippen LogP contribution in [0.3, 0.4) is 0 Å². The predicted octanol–water partition coefficient (Wildman–Crippen LogP) is 2.58. The highest BCUT2D eigenvalue weighted by Gasteiger charge is 2.38. The van der Waals surface area contributed by atoms with E-state index in [0.717, 1.165) is 23.1 Å². The second-order valence-electron chi connectivity index (χ2n) is 6.39. The van der Waals surface area contributed by atoms with Crippen molar-refractivity contribution in [3.63, 3.8) is 0 Å². The maximum absolute atomic E-state index is 12.4. The van der Waals surface area contributed by atoms with Crippen LogP contribution in [0.1, 0.15) is 33.5 Å². The highest BCUT2D eigenvalue weighted by atomic mass is 16.5. The highest BCUT2D eigenvalue weighted by molar-refractivity contribution is 5.95. The Hall–Kier alpha value is -2.53. The van der Waals surface area contributed by atoms with Crippen molar-refractivity contribution in [1.29, 1.82) is 0 Å². The van der Waals surface area contributed by atoms with Gasteiger partial charge in [0.1, 0.15) is 5.60 Å². The van der Waals surface area contributed by atoms with Gasteiger partial charge in [0, 0.05) is 5.56 Å². The molecule has 1 aliphatic carbocycles. The van der Waals surface area contributed by atoms with Gasteiger partial charge in [-0.1, -0.05) is 18.2 Å². The largest absolute Gasteiger partial charge is 0.493 e. The van der Waals surface area contributed by atoms with Gasteiger partial charge in [-0.25, -0.2) is 0 Å². The number of fused-ring (bicyclic) bond motifs is 1. The molecule has 5 heteroatoms. The van der Waals surface area contributed by atoms with E-state index < -0.39 is 5.60 Å². The SMILES string of the molecule is COc1cc2c(cc1OC)C(O)(CNC(=O)c1ccccc1C)CC2. The Labute approximate surface area is 147 Å². The van der Waals surface area contributed by atoms with Gasteiger partial charge in [0.25, 0.3) is 5.91 Å². The van der Waals surface area contributed by atoms with Gasteiger partial charge in [-0.2, -0.15) is 0 Å². The van der Waals surface area contributed by atoms with Gasteiger partial charge in [0.05, 0.1) is 20.8 Å². The summed E-state index contributed by atoms with van der Waals surface area (Å²) < 4.78 is 10.7. The maximum Gasteiger partial charge on any atom is 0.251 e. The van der Waals surface area contributed by atoms with Crippen LogP contribution >= 0.6 is 0 Å². The van der Waals surface area contributed by atoms with Crippen LogP contribution in [0, 0.1) is 6.92 Å². The molecule has 132 valence electrons. The molecule has 1 aliphatic rings. The number of carbonyl (C=O) groups is 1. The van der Waals surface area contributed by atoms with Crippen LogP contribution in [0.4, 0.5) is 0 Å². The summed E-state index contributed by atoms with van der Waals surface area (Å²) in [6, 6.07) is 11.1. The fourth-order valence-corrected chi connectivity index (χ4v) is 3.37. The molecule has 2 aromatic rings. The predicted molar refractivity (Wildman–Crippen MR) is 95.3 cm³/mol. The van der Waals surface area contributed by atoms with Gasteiger partial charge in [-0.05, 0) is 54.7 Å². The third-order valence-electron chi connectivity index (χ3n) is 4.85. The van der Waals surface area contributed by atoms with Crippen LogP contribution in [-0.2, 0) is 12.0 Å². The first-order valence-corrected chi connectivity index (χ1v) is 8.30. The molecule has 0 spiro atoms. The number of hydrogen-bond acceptors (Lipinski definition) is 4. The molecule has 5 nitrogen and oxygen atoms in total. The molecule has 0 saturated carbocycles. The van der Waals surface area contributed by atoms with E-state index in [-0.39, 0.29) is 12.5 Å². The first kappa shape index (κ1) is 17.3. The van der Waals surface area contributed by atoms with Crippen molar-refractivity contribution < 1.29 is 19.4 Å². The number of aryl methyl sites for hydroxylation is 2. The van der Waals surface area contributed by atoms with Crippen LogP contribution in [0.2, 0.25) is 0 Å². The van der Waals surface area contributed by atoms with Gasteiger partial charge in [-0.3, -0.25) is 4.79 Å². The van der Waals surface area contributed by atoms with Crippen LogP contribution < -0.4 is 14.8 Å². The Bertz CT molecular complexity index is 802. The van der Waals surface area contributed by atoms with Crippen molar-refractivity contribution in [2.24, 2.45) is 0 Å². The molecule has 0 radical (unpaired) electrons. The molecule has 1 amide bonds. The summed E-state index contributed by atoms with van der Waals surface area (Å²) in [5, 5.41) is 13.9. The summed E-state index contributed by atoms with van der Waals surface area (Å²) in [4.78, 5) is 12.4. The highest BCUT2D eigenvalue weighted by Crippen LogP contribution is 2.42. The van der Waals surface area contributed by atoms with E-state index in [1.54, 1.807) is 26.4 Å². The number of carbonyl (C=O) groups excluding carboxylic acids is 1. The van der Waals surface area contributed by atoms with E-state index in [0.29, 0.717) is 23.5 Å². The van der Waals surface area contributed by atoms with Gasteiger partial charge in [-0.15, -0.1) is 0 Å². The molecule has 1 atom stereocenters. The molecule has 0 fully saturated rings. The minimum Gasteiger partial charge on any atom is -0.493 e. The lowest BCUT2D eigenvalue weighted by molar-refractivity contribution is 0.0368. The fraction of sp³-hybridized carbons (Fsp3) is 0.350. The lowest BCUT2D eigenvalue weighted by Crippen LogP contribution is -2.39. The number of rotatable bonds is 5. The van der Waals surface area contributed by atoms with E-state index >= 15 is 0 Å². The molecule has 0 saturated heterocycles. The lowest BCUT2D eigenvalue weighted by atomic mass is 9.95. The molecule has 2 N–H and O–H groups in total. The summed E-state index contributed by atoms with van der Waals surface area (Å²) in [5.74, 6) is 1.04. The number of nitrogens with one attached hydrogen (secondary N) is 1. The Morgan fingerprint density at radius 3 is 2.56 bits per heavy atom. The summed E-state index contributed by atoms with van der Waals surface area (Å²) in [7, 11) is 3.16. The zero-order chi connectivity index (χ0) is 18.0. The number of methoxy groups -OCH3 is 2. The molecule has 25 heavy (non-hydrogen) atoms. The first-order chi connectivity index (χ1) is 12.0. The summed E-state index contributed by atoms with van der Waals surface area (Å²) in [6.07, 6.45) is 1.28. The molecule has 3 rings (SSSR count). The van der Waals surface area contributed by atoms with Crippen molar-refractivity contribution in [1.82, 2.24) is 5.32 Å². The summed E-state index contributed by atoms with van der Waals surface area (Å²) in [5.41, 5.74) is 2.23. The van der Waals surface area contributed by atoms with Crippen molar-refractivity contribution >= 4 is 5.91 Å². The summed E-state index contributed by atoms with van der Waals surface area (Å²) in [6.45, 7) is 2.05. The minimum absolute atomic E-state index is 0.155. The van der Waals surface area contributed by atoms with E-state index in [1.807, 2.05) is 31.2 Å². The van der Waals surface area contributed by atoms with Crippen molar-refractivity contribution in [2.45, 2.75) is 25.4 Å². The quantitative estimate of drug-likeness (QED) is 0.877. The fourth-order valence-electron chi connectivity index (χ4n) is 3.37. The van der Waals surface area contributed by atoms with E-state index in [4.69, 9.17) is 9.47 Å². The third-order valence-corrected chi connectivity index (χ3v) is 4.85. The number of aliphatic hydroxyl groups is 1. The van der Waals surface area contributed by atoms with Gasteiger partial charge >= 0.3 is 0 Å². The maximum atomic E-state index is 12.4.